The third-order valence-corrected chi connectivity index (χ3v) is 5.72. The lowest BCUT2D eigenvalue weighted by atomic mass is 9.64. The molecule has 0 bridgehead atoms. The Balaban J connectivity index is 1.43. The molecule has 1 aromatic rings. The second kappa shape index (κ2) is 10.7. The van der Waals surface area contributed by atoms with Crippen LogP contribution in [0.4, 0.5) is 0 Å². The summed E-state index contributed by atoms with van der Waals surface area (Å²) < 4.78 is 11.3. The van der Waals surface area contributed by atoms with Gasteiger partial charge in [0.05, 0.1) is 12.6 Å². The van der Waals surface area contributed by atoms with Gasteiger partial charge in [0.2, 0.25) is 0 Å². The van der Waals surface area contributed by atoms with Crippen molar-refractivity contribution in [3.8, 4) is 0 Å². The SMILES string of the molecule is CCNC(=NCC1(c2ccccc2)CCC1)NCCCOC1CCOCC1. The Morgan fingerprint density at radius 3 is 2.63 bits per heavy atom. The first-order valence-electron chi connectivity index (χ1n) is 10.6. The van der Waals surface area contributed by atoms with E-state index in [0.717, 1.165) is 64.7 Å². The maximum Gasteiger partial charge on any atom is 0.191 e. The van der Waals surface area contributed by atoms with Gasteiger partial charge in [-0.15, -0.1) is 0 Å². The highest BCUT2D eigenvalue weighted by Gasteiger charge is 2.38. The van der Waals surface area contributed by atoms with E-state index in [1.165, 1.54) is 24.8 Å². The van der Waals surface area contributed by atoms with Crippen LogP contribution in [0.25, 0.3) is 0 Å². The molecule has 0 unspecified atom stereocenters. The van der Waals surface area contributed by atoms with Gasteiger partial charge >= 0.3 is 0 Å². The predicted molar refractivity (Wildman–Crippen MR) is 110 cm³/mol. The van der Waals surface area contributed by atoms with E-state index in [9.17, 15) is 0 Å². The largest absolute Gasteiger partial charge is 0.381 e. The van der Waals surface area contributed by atoms with E-state index in [2.05, 4.69) is 47.9 Å². The van der Waals surface area contributed by atoms with Gasteiger partial charge < -0.3 is 20.1 Å². The number of nitrogens with zero attached hydrogens (tertiary/aromatic N) is 1. The molecule has 150 valence electrons. The number of hydrogen-bond acceptors (Lipinski definition) is 3. The van der Waals surface area contributed by atoms with Crippen LogP contribution in [0.3, 0.4) is 0 Å². The van der Waals surface area contributed by atoms with Crippen LogP contribution in [0.1, 0.15) is 51.0 Å². The highest BCUT2D eigenvalue weighted by atomic mass is 16.5. The maximum absolute atomic E-state index is 5.94. The topological polar surface area (TPSA) is 54.9 Å². The monoisotopic (exact) mass is 373 g/mol. The minimum atomic E-state index is 0.232. The Hall–Kier alpha value is -1.59. The molecule has 27 heavy (non-hydrogen) atoms. The van der Waals surface area contributed by atoms with E-state index < -0.39 is 0 Å². The molecule has 1 aliphatic carbocycles. The number of nitrogens with one attached hydrogen (secondary N) is 2. The average molecular weight is 374 g/mol. The Morgan fingerprint density at radius 2 is 1.96 bits per heavy atom. The summed E-state index contributed by atoms with van der Waals surface area (Å²) in [6.45, 7) is 7.19. The summed E-state index contributed by atoms with van der Waals surface area (Å²) in [5, 5.41) is 6.84. The molecule has 2 N–H and O–H groups in total. The van der Waals surface area contributed by atoms with Gasteiger partial charge in [-0.3, -0.25) is 4.99 Å². The number of ether oxygens (including phenoxy) is 2. The van der Waals surface area contributed by atoms with E-state index in [4.69, 9.17) is 14.5 Å². The zero-order valence-electron chi connectivity index (χ0n) is 16.7. The molecule has 1 saturated carbocycles. The van der Waals surface area contributed by atoms with Crippen molar-refractivity contribution in [1.82, 2.24) is 10.6 Å². The number of benzene rings is 1. The molecule has 5 nitrogen and oxygen atoms in total. The quantitative estimate of drug-likeness (QED) is 0.396. The summed E-state index contributed by atoms with van der Waals surface area (Å²) in [7, 11) is 0. The molecule has 1 heterocycles. The molecule has 1 aromatic carbocycles. The maximum atomic E-state index is 5.94. The van der Waals surface area contributed by atoms with Crippen LogP contribution in [0.15, 0.2) is 35.3 Å². The third-order valence-electron chi connectivity index (χ3n) is 5.72. The number of rotatable bonds is 9. The van der Waals surface area contributed by atoms with Crippen molar-refractivity contribution in [2.75, 3.05) is 39.5 Å². The minimum Gasteiger partial charge on any atom is -0.381 e. The zero-order valence-corrected chi connectivity index (χ0v) is 16.7. The second-order valence-electron chi connectivity index (χ2n) is 7.66. The van der Waals surface area contributed by atoms with Crippen molar-refractivity contribution in [3.63, 3.8) is 0 Å². The van der Waals surface area contributed by atoms with Gasteiger partial charge in [-0.05, 0) is 44.6 Å². The summed E-state index contributed by atoms with van der Waals surface area (Å²) in [6.07, 6.45) is 7.20. The fourth-order valence-electron chi connectivity index (χ4n) is 3.88. The van der Waals surface area contributed by atoms with E-state index in [1.807, 2.05) is 0 Å². The van der Waals surface area contributed by atoms with Crippen LogP contribution in [-0.4, -0.2) is 51.5 Å². The lowest BCUT2D eigenvalue weighted by Gasteiger charge is -2.41. The second-order valence-corrected chi connectivity index (χ2v) is 7.66. The van der Waals surface area contributed by atoms with Gasteiger partial charge in [-0.1, -0.05) is 36.8 Å². The molecule has 2 fully saturated rings. The fourth-order valence-corrected chi connectivity index (χ4v) is 3.88. The molecule has 1 aliphatic heterocycles. The standard InChI is InChI=1S/C22H35N3O2/c1-2-23-21(24-14-7-15-27-20-10-16-26-17-11-20)25-18-22(12-6-13-22)19-8-4-3-5-9-19/h3-5,8-9,20H,2,6-7,10-18H2,1H3,(H2,23,24,25). The third kappa shape index (κ3) is 5.94. The normalized spacial score (nSPS) is 20.1. The molecule has 0 atom stereocenters. The molecule has 3 rings (SSSR count). The smallest absolute Gasteiger partial charge is 0.191 e. The molecular weight excluding hydrogens is 338 g/mol. The molecular formula is C22H35N3O2. The lowest BCUT2D eigenvalue weighted by molar-refractivity contribution is -0.0320. The molecule has 0 radical (unpaired) electrons. The molecule has 0 aromatic heterocycles. The molecule has 0 amide bonds. The van der Waals surface area contributed by atoms with E-state index in [0.29, 0.717) is 6.10 Å². The summed E-state index contributed by atoms with van der Waals surface area (Å²) in [6, 6.07) is 10.9. The predicted octanol–water partition coefficient (Wildman–Crippen LogP) is 3.25. The summed E-state index contributed by atoms with van der Waals surface area (Å²) in [4.78, 5) is 4.91. The van der Waals surface area contributed by atoms with Gasteiger partial charge in [0.1, 0.15) is 0 Å². The average Bonchev–Trinajstić information content (AvgIpc) is 2.68. The Labute approximate surface area is 163 Å². The van der Waals surface area contributed by atoms with E-state index in [-0.39, 0.29) is 5.41 Å². The fraction of sp³-hybridized carbons (Fsp3) is 0.682. The molecule has 5 heteroatoms. The van der Waals surface area contributed by atoms with Crippen LogP contribution in [0, 0.1) is 0 Å². The molecule has 1 saturated heterocycles. The Bertz CT molecular complexity index is 566. The summed E-state index contributed by atoms with van der Waals surface area (Å²) in [5.41, 5.74) is 1.66. The van der Waals surface area contributed by atoms with Crippen molar-refractivity contribution >= 4 is 5.96 Å². The first-order chi connectivity index (χ1) is 13.3. The first-order valence-corrected chi connectivity index (χ1v) is 10.6. The van der Waals surface area contributed by atoms with Gasteiger partial charge in [0, 0.05) is 38.3 Å². The van der Waals surface area contributed by atoms with Crippen LogP contribution in [-0.2, 0) is 14.9 Å². The molecule has 2 aliphatic rings. The van der Waals surface area contributed by atoms with Gasteiger partial charge in [0.15, 0.2) is 5.96 Å². The summed E-state index contributed by atoms with van der Waals surface area (Å²) in [5.74, 6) is 0.922. The van der Waals surface area contributed by atoms with Crippen molar-refractivity contribution in [1.29, 1.82) is 0 Å². The van der Waals surface area contributed by atoms with E-state index >= 15 is 0 Å². The van der Waals surface area contributed by atoms with Crippen molar-refractivity contribution < 1.29 is 9.47 Å². The number of guanidine groups is 1. The van der Waals surface area contributed by atoms with Gasteiger partial charge in [-0.25, -0.2) is 0 Å². The Morgan fingerprint density at radius 1 is 1.19 bits per heavy atom. The Kier molecular flexibility index (Phi) is 7.96. The minimum absolute atomic E-state index is 0.232. The lowest BCUT2D eigenvalue weighted by Crippen LogP contribution is -2.42. The summed E-state index contributed by atoms with van der Waals surface area (Å²) >= 11 is 0. The number of hydrogen-bond donors (Lipinski definition) is 2. The van der Waals surface area contributed by atoms with Crippen LogP contribution < -0.4 is 10.6 Å². The van der Waals surface area contributed by atoms with Crippen LogP contribution in [0.5, 0.6) is 0 Å². The van der Waals surface area contributed by atoms with Crippen molar-refractivity contribution in [2.24, 2.45) is 4.99 Å². The van der Waals surface area contributed by atoms with E-state index in [1.54, 1.807) is 0 Å². The van der Waals surface area contributed by atoms with Crippen LogP contribution in [0.2, 0.25) is 0 Å². The van der Waals surface area contributed by atoms with Crippen molar-refractivity contribution in [3.05, 3.63) is 35.9 Å². The van der Waals surface area contributed by atoms with Gasteiger partial charge in [-0.2, -0.15) is 0 Å². The highest BCUT2D eigenvalue weighted by molar-refractivity contribution is 5.79. The van der Waals surface area contributed by atoms with Gasteiger partial charge in [0.25, 0.3) is 0 Å². The number of aliphatic imine (C=N–C) groups is 1. The van der Waals surface area contributed by atoms with Crippen molar-refractivity contribution in [2.45, 2.75) is 57.0 Å². The first kappa shape index (κ1) is 20.2. The van der Waals surface area contributed by atoms with Crippen LogP contribution >= 0.6 is 0 Å². The zero-order chi connectivity index (χ0) is 18.8. The molecule has 0 spiro atoms. The highest BCUT2D eigenvalue weighted by Crippen LogP contribution is 2.43.